The van der Waals surface area contributed by atoms with Crippen molar-refractivity contribution in [3.8, 4) is 0 Å². The Morgan fingerprint density at radius 2 is 2.00 bits per heavy atom. The predicted octanol–water partition coefficient (Wildman–Crippen LogP) is 2.98. The van der Waals surface area contributed by atoms with Gasteiger partial charge in [0.15, 0.2) is 5.96 Å². The Bertz CT molecular complexity index is 791. The van der Waals surface area contributed by atoms with E-state index in [1.807, 2.05) is 12.1 Å². The van der Waals surface area contributed by atoms with Crippen molar-refractivity contribution in [3.63, 3.8) is 0 Å². The summed E-state index contributed by atoms with van der Waals surface area (Å²) >= 11 is 0. The molecule has 3 atom stereocenters. The number of furan rings is 1. The van der Waals surface area contributed by atoms with Crippen LogP contribution in [0.3, 0.4) is 0 Å². The van der Waals surface area contributed by atoms with Crippen molar-refractivity contribution < 1.29 is 12.8 Å². The average Bonchev–Trinajstić information content (AvgIpc) is 3.47. The smallest absolute Gasteiger partial charge is 0.213 e. The molecule has 2 saturated carbocycles. The van der Waals surface area contributed by atoms with Crippen molar-refractivity contribution in [2.45, 2.75) is 64.0 Å². The summed E-state index contributed by atoms with van der Waals surface area (Å²) in [6.07, 6.45) is 9.42. The second-order valence-corrected chi connectivity index (χ2v) is 11.0. The van der Waals surface area contributed by atoms with Gasteiger partial charge in [0.2, 0.25) is 10.0 Å². The van der Waals surface area contributed by atoms with Gasteiger partial charge in [-0.1, -0.05) is 6.42 Å². The number of nitrogens with one attached hydrogen (secondary N) is 2. The van der Waals surface area contributed by atoms with Gasteiger partial charge in [-0.2, -0.15) is 0 Å². The van der Waals surface area contributed by atoms with E-state index in [-0.39, 0.29) is 35.8 Å². The van der Waals surface area contributed by atoms with E-state index in [1.165, 1.54) is 25.7 Å². The Balaban J connectivity index is 0.00000256. The fourth-order valence-electron chi connectivity index (χ4n) is 5.12. The highest BCUT2D eigenvalue weighted by molar-refractivity contribution is 14.0. The quantitative estimate of drug-likeness (QED) is 0.310. The highest BCUT2D eigenvalue weighted by Gasteiger charge is 2.40. The Labute approximate surface area is 197 Å². The summed E-state index contributed by atoms with van der Waals surface area (Å²) in [6, 6.07) is 4.66. The molecule has 0 aromatic carbocycles. The molecule has 30 heavy (non-hydrogen) atoms. The molecule has 1 saturated heterocycles. The summed E-state index contributed by atoms with van der Waals surface area (Å²) in [4.78, 5) is 4.83. The van der Waals surface area contributed by atoms with Gasteiger partial charge >= 0.3 is 0 Å². The maximum absolute atomic E-state index is 12.1. The lowest BCUT2D eigenvalue weighted by atomic mass is 9.95. The van der Waals surface area contributed by atoms with Crippen LogP contribution in [0.25, 0.3) is 0 Å². The molecule has 1 aliphatic heterocycles. The summed E-state index contributed by atoms with van der Waals surface area (Å²) < 4.78 is 31.3. The number of piperidine rings is 1. The van der Waals surface area contributed by atoms with Gasteiger partial charge in [0, 0.05) is 38.1 Å². The maximum atomic E-state index is 12.1. The number of aliphatic imine (C=N–C) groups is 1. The van der Waals surface area contributed by atoms with Crippen LogP contribution in [0.2, 0.25) is 0 Å². The number of hydrogen-bond acceptors (Lipinski definition) is 4. The minimum absolute atomic E-state index is 0. The van der Waals surface area contributed by atoms with Crippen LogP contribution in [0.1, 0.15) is 51.2 Å². The monoisotopic (exact) mass is 550 g/mol. The number of fused-ring (bicyclic) bond motifs is 2. The average molecular weight is 551 g/mol. The Hall–Kier alpha value is -0.810. The molecule has 2 bridgehead atoms. The molecule has 3 unspecified atom stereocenters. The highest BCUT2D eigenvalue weighted by Crippen LogP contribution is 2.44. The maximum Gasteiger partial charge on any atom is 0.213 e. The van der Waals surface area contributed by atoms with Gasteiger partial charge in [0.25, 0.3) is 0 Å². The Morgan fingerprint density at radius 1 is 1.20 bits per heavy atom. The van der Waals surface area contributed by atoms with E-state index >= 15 is 0 Å². The SMILES string of the molecule is CCS(=O)(=O)N1CCC(NC(=NCCc2ccco2)NC2CC3CCC2C3)CC1.I. The first-order chi connectivity index (χ1) is 14.0. The molecule has 2 N–H and O–H groups in total. The summed E-state index contributed by atoms with van der Waals surface area (Å²) in [5.74, 6) is 3.66. The summed E-state index contributed by atoms with van der Waals surface area (Å²) in [5.41, 5.74) is 0. The molecule has 1 aromatic rings. The van der Waals surface area contributed by atoms with Crippen molar-refractivity contribution in [2.75, 3.05) is 25.4 Å². The largest absolute Gasteiger partial charge is 0.469 e. The molecular formula is C21H35IN4O3S. The number of rotatable bonds is 7. The van der Waals surface area contributed by atoms with Gasteiger partial charge in [0.1, 0.15) is 5.76 Å². The van der Waals surface area contributed by atoms with Crippen molar-refractivity contribution in [1.29, 1.82) is 0 Å². The van der Waals surface area contributed by atoms with E-state index in [0.717, 1.165) is 42.8 Å². The minimum atomic E-state index is -3.09. The zero-order valence-electron chi connectivity index (χ0n) is 17.8. The number of guanidine groups is 1. The molecule has 9 heteroatoms. The molecule has 3 aliphatic rings. The summed E-state index contributed by atoms with van der Waals surface area (Å²) in [6.45, 7) is 3.55. The van der Waals surface area contributed by atoms with E-state index in [2.05, 4.69) is 10.6 Å². The second kappa shape index (κ2) is 10.7. The molecule has 2 aliphatic carbocycles. The number of sulfonamides is 1. The van der Waals surface area contributed by atoms with Gasteiger partial charge in [0.05, 0.1) is 12.0 Å². The van der Waals surface area contributed by atoms with Gasteiger partial charge in [-0.25, -0.2) is 12.7 Å². The third kappa shape index (κ3) is 5.91. The zero-order chi connectivity index (χ0) is 20.3. The van der Waals surface area contributed by atoms with Crippen LogP contribution in [0.4, 0.5) is 0 Å². The summed E-state index contributed by atoms with van der Waals surface area (Å²) in [5, 5.41) is 7.30. The van der Waals surface area contributed by atoms with Crippen LogP contribution in [-0.2, 0) is 16.4 Å². The molecule has 3 fully saturated rings. The van der Waals surface area contributed by atoms with Crippen LogP contribution in [0.5, 0.6) is 0 Å². The fraction of sp³-hybridized carbons (Fsp3) is 0.762. The van der Waals surface area contributed by atoms with Crippen molar-refractivity contribution in [1.82, 2.24) is 14.9 Å². The van der Waals surface area contributed by atoms with Crippen molar-refractivity contribution in [2.24, 2.45) is 16.8 Å². The lowest BCUT2D eigenvalue weighted by molar-refractivity contribution is 0.304. The van der Waals surface area contributed by atoms with Crippen LogP contribution >= 0.6 is 24.0 Å². The van der Waals surface area contributed by atoms with E-state index in [9.17, 15) is 8.42 Å². The van der Waals surface area contributed by atoms with Gasteiger partial charge in [-0.15, -0.1) is 24.0 Å². The van der Waals surface area contributed by atoms with Crippen LogP contribution in [0.15, 0.2) is 27.8 Å². The van der Waals surface area contributed by atoms with Crippen molar-refractivity contribution >= 4 is 40.0 Å². The third-order valence-corrected chi connectivity index (χ3v) is 8.70. The van der Waals surface area contributed by atoms with E-state index in [4.69, 9.17) is 9.41 Å². The number of hydrogen-bond donors (Lipinski definition) is 2. The highest BCUT2D eigenvalue weighted by atomic mass is 127. The second-order valence-electron chi connectivity index (χ2n) is 8.70. The molecule has 2 heterocycles. The predicted molar refractivity (Wildman–Crippen MR) is 130 cm³/mol. The molecular weight excluding hydrogens is 515 g/mol. The van der Waals surface area contributed by atoms with E-state index in [1.54, 1.807) is 17.5 Å². The lowest BCUT2D eigenvalue weighted by Gasteiger charge is -2.33. The van der Waals surface area contributed by atoms with Crippen molar-refractivity contribution in [3.05, 3.63) is 24.2 Å². The van der Waals surface area contributed by atoms with Gasteiger partial charge in [-0.3, -0.25) is 4.99 Å². The topological polar surface area (TPSA) is 86.9 Å². The lowest BCUT2D eigenvalue weighted by Crippen LogP contribution is -2.52. The van der Waals surface area contributed by atoms with Crippen LogP contribution in [-0.4, -0.2) is 56.2 Å². The molecule has 7 nitrogen and oxygen atoms in total. The minimum Gasteiger partial charge on any atom is -0.469 e. The normalized spacial score (nSPS) is 27.8. The number of halogens is 1. The van der Waals surface area contributed by atoms with Crippen LogP contribution in [0, 0.1) is 11.8 Å². The Morgan fingerprint density at radius 3 is 2.60 bits per heavy atom. The first kappa shape index (κ1) is 23.8. The molecule has 170 valence electrons. The van der Waals surface area contributed by atoms with Crippen LogP contribution < -0.4 is 10.6 Å². The van der Waals surface area contributed by atoms with E-state index in [0.29, 0.717) is 25.7 Å². The molecule has 4 rings (SSSR count). The first-order valence-electron chi connectivity index (χ1n) is 11.1. The standard InChI is InChI=1S/C21H34N4O3S.HI/c1-2-29(26,27)25-11-8-18(9-12-25)23-21(22-10-7-19-4-3-13-28-19)24-20-15-16-5-6-17(20)14-16;/h3-4,13,16-18,20H,2,5-12,14-15H2,1H3,(H2,22,23,24);1H. The molecule has 1 aromatic heterocycles. The first-order valence-corrected chi connectivity index (χ1v) is 12.7. The summed E-state index contributed by atoms with van der Waals surface area (Å²) in [7, 11) is -3.09. The zero-order valence-corrected chi connectivity index (χ0v) is 20.9. The Kier molecular flexibility index (Phi) is 8.48. The van der Waals surface area contributed by atoms with E-state index < -0.39 is 10.0 Å². The fourth-order valence-corrected chi connectivity index (χ4v) is 6.25. The molecule has 0 radical (unpaired) electrons. The van der Waals surface area contributed by atoms with Gasteiger partial charge in [-0.05, 0) is 63.0 Å². The molecule has 0 spiro atoms. The number of nitrogens with zero attached hydrogens (tertiary/aromatic N) is 2. The van der Waals surface area contributed by atoms with Gasteiger partial charge < -0.3 is 15.1 Å². The third-order valence-electron chi connectivity index (χ3n) is 6.82. The molecule has 0 amide bonds.